The summed E-state index contributed by atoms with van der Waals surface area (Å²) in [7, 11) is 0. The third-order valence-corrected chi connectivity index (χ3v) is 6.37. The van der Waals surface area contributed by atoms with E-state index in [1.165, 1.54) is 6.07 Å². The minimum Gasteiger partial charge on any atom is -0.493 e. The average Bonchev–Trinajstić information content (AvgIpc) is 3.26. The molecule has 1 aliphatic heterocycles. The van der Waals surface area contributed by atoms with E-state index in [-0.39, 0.29) is 17.1 Å². The van der Waals surface area contributed by atoms with Crippen molar-refractivity contribution in [1.29, 1.82) is 0 Å². The van der Waals surface area contributed by atoms with E-state index in [1.54, 1.807) is 18.2 Å². The minimum atomic E-state index is -0.320. The predicted octanol–water partition coefficient (Wildman–Crippen LogP) is 4.73. The van der Waals surface area contributed by atoms with E-state index in [0.29, 0.717) is 52.5 Å². The maximum Gasteiger partial charge on any atom is 0.199 e. The van der Waals surface area contributed by atoms with Crippen molar-refractivity contribution in [3.63, 3.8) is 0 Å². The lowest BCUT2D eigenvalue weighted by Crippen LogP contribution is -2.25. The maximum atomic E-state index is 12.6. The van der Waals surface area contributed by atoms with Crippen LogP contribution in [0.15, 0.2) is 56.1 Å². The van der Waals surface area contributed by atoms with E-state index >= 15 is 0 Å². The molecule has 1 atom stereocenters. The summed E-state index contributed by atoms with van der Waals surface area (Å²) >= 11 is 9.70. The summed E-state index contributed by atoms with van der Waals surface area (Å²) < 4.78 is 12.9. The van der Waals surface area contributed by atoms with Crippen LogP contribution in [0.25, 0.3) is 22.3 Å². The normalized spacial score (nSPS) is 16.4. The number of para-hydroxylation sites is 1. The molecule has 0 bridgehead atoms. The molecule has 0 spiro atoms. The number of carbonyl (C=O) groups excluding carboxylic acids is 2. The Labute approximate surface area is 198 Å². The highest BCUT2D eigenvalue weighted by Gasteiger charge is 2.27. The molecule has 0 amide bonds. The third kappa shape index (κ3) is 4.95. The lowest BCUT2D eigenvalue weighted by atomic mass is 10.1. The molecular weight excluding hydrogens is 498 g/mol. The zero-order valence-corrected chi connectivity index (χ0v) is 19.5. The number of ketones is 1. The summed E-state index contributed by atoms with van der Waals surface area (Å²) in [5, 5.41) is 0.802. The van der Waals surface area contributed by atoms with Crippen molar-refractivity contribution in [2.75, 3.05) is 26.2 Å². The van der Waals surface area contributed by atoms with E-state index < -0.39 is 0 Å². The van der Waals surface area contributed by atoms with Crippen LogP contribution in [0.4, 0.5) is 0 Å². The zero-order chi connectivity index (χ0) is 22.7. The number of aldehydes is 1. The van der Waals surface area contributed by atoms with Gasteiger partial charge in [0.2, 0.25) is 0 Å². The summed E-state index contributed by atoms with van der Waals surface area (Å²) in [6.45, 7) is 2.63. The lowest BCUT2D eigenvalue weighted by molar-refractivity contribution is -0.132. The Bertz CT molecular complexity index is 1220. The van der Waals surface area contributed by atoms with Crippen molar-refractivity contribution in [3.8, 4) is 17.1 Å². The maximum absolute atomic E-state index is 12.6. The van der Waals surface area contributed by atoms with Gasteiger partial charge >= 0.3 is 0 Å². The Morgan fingerprint density at radius 2 is 2.12 bits per heavy atom. The first kappa shape index (κ1) is 22.7. The van der Waals surface area contributed by atoms with Gasteiger partial charge in [-0.3, -0.25) is 14.4 Å². The molecular formula is C24H21BrClNO5. The van der Waals surface area contributed by atoms with Crippen LogP contribution in [-0.2, 0) is 9.59 Å². The molecule has 32 heavy (non-hydrogen) atoms. The number of nitrogens with zero attached hydrogens (tertiary/aromatic N) is 1. The molecule has 4 rings (SSSR count). The van der Waals surface area contributed by atoms with Crippen molar-refractivity contribution < 1.29 is 18.7 Å². The van der Waals surface area contributed by atoms with Crippen LogP contribution in [0.1, 0.15) is 12.8 Å². The van der Waals surface area contributed by atoms with Gasteiger partial charge in [-0.1, -0.05) is 33.6 Å². The highest BCUT2D eigenvalue weighted by atomic mass is 79.9. The molecule has 8 heteroatoms. The van der Waals surface area contributed by atoms with E-state index in [1.807, 2.05) is 18.2 Å². The van der Waals surface area contributed by atoms with E-state index in [0.717, 1.165) is 30.4 Å². The fourth-order valence-corrected chi connectivity index (χ4v) is 4.48. The van der Waals surface area contributed by atoms with Crippen LogP contribution >= 0.6 is 27.5 Å². The van der Waals surface area contributed by atoms with E-state index in [4.69, 9.17) is 20.8 Å². The first-order valence-corrected chi connectivity index (χ1v) is 11.5. The molecule has 0 saturated carbocycles. The average molecular weight is 519 g/mol. The van der Waals surface area contributed by atoms with Gasteiger partial charge < -0.3 is 14.1 Å². The molecule has 0 radical (unpaired) electrons. The predicted molar refractivity (Wildman–Crippen MR) is 126 cm³/mol. The van der Waals surface area contributed by atoms with Crippen LogP contribution in [0.3, 0.4) is 0 Å². The molecule has 6 nitrogen and oxygen atoms in total. The number of hydrogen-bond donors (Lipinski definition) is 0. The van der Waals surface area contributed by atoms with Crippen LogP contribution in [0, 0.1) is 5.92 Å². The Kier molecular flexibility index (Phi) is 7.08. The minimum absolute atomic E-state index is 0.175. The van der Waals surface area contributed by atoms with Crippen molar-refractivity contribution in [1.82, 2.24) is 4.90 Å². The van der Waals surface area contributed by atoms with Gasteiger partial charge in [0, 0.05) is 29.5 Å². The number of Topliss-reactive ketones (excluding diaryl/α,β-unsaturated/α-hetero) is 1. The molecule has 0 N–H and O–H groups in total. The molecule has 1 fully saturated rings. The Hall–Kier alpha value is -2.48. The molecule has 1 saturated heterocycles. The largest absolute Gasteiger partial charge is 0.493 e. The highest BCUT2D eigenvalue weighted by molar-refractivity contribution is 9.10. The van der Waals surface area contributed by atoms with E-state index in [9.17, 15) is 14.4 Å². The van der Waals surface area contributed by atoms with Gasteiger partial charge in [-0.15, -0.1) is 0 Å². The summed E-state index contributed by atoms with van der Waals surface area (Å²) in [5.41, 5.74) is 0.829. The van der Waals surface area contributed by atoms with Gasteiger partial charge in [0.05, 0.1) is 22.6 Å². The Morgan fingerprint density at radius 3 is 2.94 bits per heavy atom. The van der Waals surface area contributed by atoms with Gasteiger partial charge in [-0.2, -0.15) is 0 Å². The topological polar surface area (TPSA) is 76.8 Å². The van der Waals surface area contributed by atoms with Crippen LogP contribution in [-0.4, -0.2) is 43.2 Å². The van der Waals surface area contributed by atoms with Crippen molar-refractivity contribution >= 4 is 50.6 Å². The summed E-state index contributed by atoms with van der Waals surface area (Å²) in [5.74, 6) is 0.462. The third-order valence-electron chi connectivity index (χ3n) is 5.58. The van der Waals surface area contributed by atoms with Gasteiger partial charge in [-0.25, -0.2) is 0 Å². The monoisotopic (exact) mass is 517 g/mol. The van der Waals surface area contributed by atoms with Crippen LogP contribution in [0.5, 0.6) is 5.75 Å². The van der Waals surface area contributed by atoms with Crippen LogP contribution in [0.2, 0.25) is 5.02 Å². The SMILES string of the molecule is O=CC(=O)C1CCN(CCCOc2cc(Br)ccc2-c2cc(=O)c3cccc(Cl)c3o2)C1. The number of fused-ring (bicyclic) bond motifs is 1. The number of hydrogen-bond acceptors (Lipinski definition) is 6. The first-order valence-electron chi connectivity index (χ1n) is 10.3. The van der Waals surface area contributed by atoms with Gasteiger partial charge in [0.25, 0.3) is 0 Å². The van der Waals surface area contributed by atoms with Gasteiger partial charge in [-0.05, 0) is 49.7 Å². The fraction of sp³-hybridized carbons (Fsp3) is 0.292. The molecule has 0 aliphatic carbocycles. The molecule has 2 aromatic carbocycles. The number of benzene rings is 2. The number of ether oxygens (including phenoxy) is 1. The second kappa shape index (κ2) is 9.98. The molecule has 2 heterocycles. The fourth-order valence-electron chi connectivity index (χ4n) is 3.93. The quantitative estimate of drug-likeness (QED) is 0.244. The molecule has 166 valence electrons. The summed E-state index contributed by atoms with van der Waals surface area (Å²) in [6.07, 6.45) is 1.89. The zero-order valence-electron chi connectivity index (χ0n) is 17.2. The second-order valence-electron chi connectivity index (χ2n) is 7.74. The number of halogens is 2. The number of carbonyl (C=O) groups is 2. The molecule has 1 unspecified atom stereocenters. The van der Waals surface area contributed by atoms with Gasteiger partial charge in [0.1, 0.15) is 11.5 Å². The standard InChI is InChI=1S/C24H21BrClNO5/c25-16-5-6-18(23-12-20(29)17-3-1-4-19(26)24(17)32-23)22(11-16)31-10-2-8-27-9-7-15(13-27)21(30)14-28/h1,3-6,11-12,14-15H,2,7-10,13H2. The summed E-state index contributed by atoms with van der Waals surface area (Å²) in [6, 6.07) is 12.0. The van der Waals surface area contributed by atoms with Crippen molar-refractivity contribution in [2.45, 2.75) is 12.8 Å². The van der Waals surface area contributed by atoms with Crippen LogP contribution < -0.4 is 10.2 Å². The molecule has 1 aliphatic rings. The molecule has 1 aromatic heterocycles. The van der Waals surface area contributed by atoms with Gasteiger partial charge in [0.15, 0.2) is 23.1 Å². The first-order chi connectivity index (χ1) is 15.5. The Morgan fingerprint density at radius 1 is 1.28 bits per heavy atom. The Balaban J connectivity index is 1.47. The highest BCUT2D eigenvalue weighted by Crippen LogP contribution is 2.34. The van der Waals surface area contributed by atoms with E-state index in [2.05, 4.69) is 20.8 Å². The number of likely N-dealkylation sites (tertiary alicyclic amines) is 1. The second-order valence-corrected chi connectivity index (χ2v) is 9.06. The van der Waals surface area contributed by atoms with Crippen molar-refractivity contribution in [2.24, 2.45) is 5.92 Å². The lowest BCUT2D eigenvalue weighted by Gasteiger charge is -2.16. The number of rotatable bonds is 8. The summed E-state index contributed by atoms with van der Waals surface area (Å²) in [4.78, 5) is 37.0. The van der Waals surface area contributed by atoms with Crippen molar-refractivity contribution in [3.05, 3.63) is 62.2 Å². The smallest absolute Gasteiger partial charge is 0.199 e. The molecule has 3 aromatic rings.